The quantitative estimate of drug-likeness (QED) is 0.0191. The number of aromatic hydroxyl groups is 2. The Bertz CT molecular complexity index is 5330. The number of fused-ring (bicyclic) bond motifs is 2. The number of aliphatic hydroxyl groups excluding tert-OH is 2. The first-order valence-electron chi connectivity index (χ1n) is 24.5. The Kier molecular flexibility index (Phi) is 18.7. The van der Waals surface area contributed by atoms with Crippen LogP contribution >= 0.6 is 0 Å². The number of carbonyl (C=O) groups excluding carboxylic acids is 1. The minimum atomic E-state index is -5.54. The Morgan fingerprint density at radius 2 is 0.714 bits per heavy atom. The summed E-state index contributed by atoms with van der Waals surface area (Å²) in [7, 11) is -34.7. The predicted octanol–water partition coefficient (Wildman–Crippen LogP) is 7.25. The Hall–Kier alpha value is -9.28. The first-order chi connectivity index (χ1) is 42.2. The summed E-state index contributed by atoms with van der Waals surface area (Å²) in [6.07, 6.45) is 0. The van der Waals surface area contributed by atoms with Gasteiger partial charge in [-0.1, -0.05) is 0 Å². The molecule has 0 unspecified atom stereocenters. The van der Waals surface area contributed by atoms with Crippen LogP contribution in [-0.2, 0) is 70.3 Å². The number of azo groups is 4. The predicted molar refractivity (Wildman–Crippen MR) is 318 cm³/mol. The maximum absolute atomic E-state index is 13.6. The number of phenolic OH excluding ortho intramolecular Hbond substituents is 2. The Morgan fingerprint density at radius 1 is 0.396 bits per heavy atom. The van der Waals surface area contributed by atoms with Crippen LogP contribution in [0.15, 0.2) is 190 Å². The van der Waals surface area contributed by atoms with Crippen molar-refractivity contribution in [1.29, 1.82) is 0 Å². The normalized spacial score (nSPS) is 13.2. The van der Waals surface area contributed by atoms with E-state index in [4.69, 9.17) is 21.7 Å². The Labute approximate surface area is 513 Å². The number of amides is 1. The molecule has 0 aliphatic rings. The first-order valence-corrected chi connectivity index (χ1v) is 35.0. The standard InChI is InChI=1S/C49H41N11O24S7/c50-41-39-25(19-35(88(73,74)75)43(41)57-53-28-5-10-31(11-6-28)85(66,67)17-15-61)21-37(90(79,80)81)45(47(39)63)59-55-27-3-1-24(2-4-27)49(65)52-30-9-14-34(87(70,71)72)33(23-30)56-60-46-38(91(82,83)84)22-26-20-36(89(76,77)78)44(42(51)40(26)48(46)64)58-54-29-7-12-32(13-8-29)86(68,69)18-16-62/h1-14,19-23,61-64H,15-18,50-51H2,(H,52,65)(H,70,71,72)(H,73,74,75)(H,76,77,78)(H,79,80,81)(H,82,83,84). The molecule has 0 radical (unpaired) electrons. The highest BCUT2D eigenvalue weighted by Gasteiger charge is 2.31. The van der Waals surface area contributed by atoms with Gasteiger partial charge in [-0.25, -0.2) is 16.8 Å². The molecule has 478 valence electrons. The molecule has 1 amide bonds. The molecule has 0 saturated carbocycles. The molecule has 8 aromatic carbocycles. The lowest BCUT2D eigenvalue weighted by Gasteiger charge is -2.14. The molecular weight excluding hydrogens is 1350 g/mol. The lowest BCUT2D eigenvalue weighted by atomic mass is 10.1. The summed E-state index contributed by atoms with van der Waals surface area (Å²) in [5, 5.41) is 71.2. The van der Waals surface area contributed by atoms with Crippen molar-refractivity contribution >= 4 is 160 Å². The third kappa shape index (κ3) is 14.8. The summed E-state index contributed by atoms with van der Waals surface area (Å²) in [6.45, 7) is -1.37. The fourth-order valence-corrected chi connectivity index (χ4v) is 13.6. The largest absolute Gasteiger partial charge is 0.505 e. The average molecular weight is 1390 g/mol. The molecular formula is C49H41N11O24S7. The van der Waals surface area contributed by atoms with Gasteiger partial charge in [0.15, 0.2) is 31.2 Å². The summed E-state index contributed by atoms with van der Waals surface area (Å²) in [4.78, 5) is 7.32. The highest BCUT2D eigenvalue weighted by atomic mass is 32.2. The highest BCUT2D eigenvalue weighted by molar-refractivity contribution is 7.91. The number of aliphatic hydroxyl groups is 2. The zero-order chi connectivity index (χ0) is 67.1. The summed E-state index contributed by atoms with van der Waals surface area (Å²) >= 11 is 0. The van der Waals surface area contributed by atoms with Crippen molar-refractivity contribution in [3.8, 4) is 11.5 Å². The van der Waals surface area contributed by atoms with Crippen LogP contribution in [0.25, 0.3) is 21.5 Å². The van der Waals surface area contributed by atoms with Crippen LogP contribution in [0, 0.1) is 0 Å². The molecule has 42 heteroatoms. The van der Waals surface area contributed by atoms with Gasteiger partial charge in [-0.3, -0.25) is 27.6 Å². The summed E-state index contributed by atoms with van der Waals surface area (Å²) in [5.74, 6) is -4.68. The zero-order valence-corrected chi connectivity index (χ0v) is 50.8. The highest BCUT2D eigenvalue weighted by Crippen LogP contribution is 2.50. The van der Waals surface area contributed by atoms with Crippen molar-refractivity contribution < 1.29 is 107 Å². The molecule has 35 nitrogen and oxygen atoms in total. The van der Waals surface area contributed by atoms with Crippen LogP contribution in [0.4, 0.5) is 62.6 Å². The van der Waals surface area contributed by atoms with Gasteiger partial charge in [-0.15, -0.1) is 25.6 Å². The smallest absolute Gasteiger partial charge is 0.296 e. The molecule has 0 fully saturated rings. The number of sulfone groups is 2. The number of benzene rings is 8. The zero-order valence-electron chi connectivity index (χ0n) is 45.0. The molecule has 0 heterocycles. The van der Waals surface area contributed by atoms with E-state index in [2.05, 4.69) is 46.2 Å². The number of anilines is 3. The number of carbonyl (C=O) groups is 1. The molecule has 14 N–H and O–H groups in total. The number of hydrogen-bond acceptors (Lipinski definition) is 29. The van der Waals surface area contributed by atoms with E-state index in [1.807, 2.05) is 0 Å². The van der Waals surface area contributed by atoms with E-state index >= 15 is 0 Å². The SMILES string of the molecule is Nc1c(N=Nc2ccc(S(=O)(=O)CCO)cc2)c(S(=O)(=O)O)cc2cc(S(=O)(=O)O)c(N=Nc3ccc(C(=O)Nc4ccc(S(=O)(=O)O)c(N=Nc5c(S(=O)(=O)O)cc6cc(S(=O)(=O)O)c(N=Nc7ccc(S(=O)(=O)CCO)cc7)c(N)c6c5O)c4)cc3)c(O)c12. The van der Waals surface area contributed by atoms with Gasteiger partial charge >= 0.3 is 0 Å². The molecule has 8 aromatic rings. The van der Waals surface area contributed by atoms with Crippen molar-refractivity contribution in [1.82, 2.24) is 0 Å². The third-order valence-corrected chi connectivity index (χ3v) is 20.3. The van der Waals surface area contributed by atoms with Crippen molar-refractivity contribution in [2.24, 2.45) is 40.9 Å². The number of phenols is 2. The van der Waals surface area contributed by atoms with Gasteiger partial charge in [0.2, 0.25) is 0 Å². The lowest BCUT2D eigenvalue weighted by molar-refractivity contribution is 0.102. The molecule has 0 bridgehead atoms. The van der Waals surface area contributed by atoms with E-state index in [-0.39, 0.29) is 38.1 Å². The molecule has 0 aliphatic heterocycles. The van der Waals surface area contributed by atoms with E-state index in [1.54, 1.807) is 0 Å². The van der Waals surface area contributed by atoms with Gasteiger partial charge in [0.1, 0.15) is 52.9 Å². The summed E-state index contributed by atoms with van der Waals surface area (Å²) in [5.41, 5.74) is 5.10. The van der Waals surface area contributed by atoms with E-state index in [0.29, 0.717) is 30.3 Å². The van der Waals surface area contributed by atoms with Gasteiger partial charge < -0.3 is 37.2 Å². The van der Waals surface area contributed by atoms with Crippen LogP contribution in [0.2, 0.25) is 0 Å². The van der Waals surface area contributed by atoms with Gasteiger partial charge in [-0.05, 0) is 126 Å². The maximum Gasteiger partial charge on any atom is 0.296 e. The number of rotatable bonds is 21. The number of nitrogens with one attached hydrogen (secondary N) is 1. The van der Waals surface area contributed by atoms with Crippen LogP contribution < -0.4 is 16.8 Å². The Morgan fingerprint density at radius 3 is 1.05 bits per heavy atom. The van der Waals surface area contributed by atoms with Crippen molar-refractivity contribution in [2.45, 2.75) is 34.3 Å². The molecule has 0 atom stereocenters. The molecule has 0 aliphatic carbocycles. The number of nitrogen functional groups attached to an aromatic ring is 2. The fourth-order valence-electron chi connectivity index (χ4n) is 8.33. The van der Waals surface area contributed by atoms with Crippen LogP contribution in [-0.4, -0.2) is 133 Å². The van der Waals surface area contributed by atoms with Gasteiger partial charge in [0.05, 0.1) is 73.7 Å². The first kappa shape index (κ1) is 67.6. The van der Waals surface area contributed by atoms with Crippen molar-refractivity contribution in [3.63, 3.8) is 0 Å². The van der Waals surface area contributed by atoms with Crippen LogP contribution in [0.1, 0.15) is 10.4 Å². The minimum Gasteiger partial charge on any atom is -0.505 e. The number of nitrogens with two attached hydrogens (primary N) is 2. The molecule has 0 saturated heterocycles. The van der Waals surface area contributed by atoms with E-state index in [1.165, 1.54) is 0 Å². The van der Waals surface area contributed by atoms with E-state index < -0.39 is 198 Å². The van der Waals surface area contributed by atoms with E-state index in [9.17, 15) is 96.7 Å². The molecule has 0 aromatic heterocycles. The maximum atomic E-state index is 13.6. The third-order valence-electron chi connectivity index (χ3n) is 12.5. The topological polar surface area (TPSA) is 601 Å². The van der Waals surface area contributed by atoms with Gasteiger partial charge in [0.25, 0.3) is 56.5 Å². The number of hydrogen-bond donors (Lipinski definition) is 12. The summed E-state index contributed by atoms with van der Waals surface area (Å²) in [6, 6.07) is 17.9. The average Bonchev–Trinajstić information content (AvgIpc) is 0.842. The second kappa shape index (κ2) is 25.2. The number of nitrogens with zero attached hydrogens (tertiary/aromatic N) is 8. The lowest BCUT2D eigenvalue weighted by Crippen LogP contribution is -2.11. The molecule has 8 rings (SSSR count). The van der Waals surface area contributed by atoms with Gasteiger partial charge in [0, 0.05) is 11.3 Å². The monoisotopic (exact) mass is 1390 g/mol. The minimum absolute atomic E-state index is 0.0996. The fraction of sp³-hybridized carbons (Fsp3) is 0.0816. The molecule has 91 heavy (non-hydrogen) atoms. The second-order valence-electron chi connectivity index (χ2n) is 18.5. The van der Waals surface area contributed by atoms with Crippen molar-refractivity contribution in [2.75, 3.05) is 41.5 Å². The van der Waals surface area contributed by atoms with E-state index in [0.717, 1.165) is 84.9 Å². The van der Waals surface area contributed by atoms with Crippen LogP contribution in [0.5, 0.6) is 11.5 Å². The summed E-state index contributed by atoms with van der Waals surface area (Å²) < 4.78 is 226. The van der Waals surface area contributed by atoms with Crippen LogP contribution in [0.3, 0.4) is 0 Å². The second-order valence-corrected chi connectivity index (χ2v) is 29.7. The van der Waals surface area contributed by atoms with Crippen molar-refractivity contribution in [3.05, 3.63) is 121 Å². The van der Waals surface area contributed by atoms with Gasteiger partial charge in [-0.2, -0.15) is 57.4 Å². The Balaban J connectivity index is 1.11. The molecule has 0 spiro atoms.